The first-order valence-corrected chi connectivity index (χ1v) is 4.71. The lowest BCUT2D eigenvalue weighted by Gasteiger charge is -2.11. The van der Waals surface area contributed by atoms with E-state index in [-0.39, 0.29) is 0 Å². The molecular weight excluding hydrogens is 217 g/mol. The first-order chi connectivity index (χ1) is 7.56. The number of pyridine rings is 1. The van der Waals surface area contributed by atoms with Gasteiger partial charge in [-0.3, -0.25) is 4.98 Å². The van der Waals surface area contributed by atoms with Crippen molar-refractivity contribution in [3.63, 3.8) is 0 Å². The Morgan fingerprint density at radius 2 is 1.88 bits per heavy atom. The molecule has 0 aliphatic rings. The lowest BCUT2D eigenvalue weighted by molar-refractivity contribution is -0.115. The molecule has 1 N–H and O–H groups in total. The number of alkyl halides is 3. The number of benzene rings is 1. The number of aromatic nitrogens is 1. The van der Waals surface area contributed by atoms with Crippen LogP contribution in [0, 0.1) is 0 Å². The van der Waals surface area contributed by atoms with Crippen LogP contribution in [-0.4, -0.2) is 17.7 Å². The number of para-hydroxylation sites is 1. The molecule has 0 fully saturated rings. The molecule has 0 spiro atoms. The van der Waals surface area contributed by atoms with Crippen LogP contribution in [0.5, 0.6) is 0 Å². The van der Waals surface area contributed by atoms with Crippen molar-refractivity contribution in [1.29, 1.82) is 0 Å². The van der Waals surface area contributed by atoms with Crippen LogP contribution in [0.15, 0.2) is 36.5 Å². The molecule has 0 saturated heterocycles. The Balaban J connectivity index is 2.30. The molecule has 2 rings (SSSR count). The minimum Gasteiger partial charge on any atom is -0.376 e. The Labute approximate surface area is 90.1 Å². The van der Waals surface area contributed by atoms with Crippen LogP contribution in [0.2, 0.25) is 0 Å². The average Bonchev–Trinajstić information content (AvgIpc) is 2.25. The smallest absolute Gasteiger partial charge is 0.376 e. The summed E-state index contributed by atoms with van der Waals surface area (Å²) >= 11 is 0. The lowest BCUT2D eigenvalue weighted by Crippen LogP contribution is -2.21. The van der Waals surface area contributed by atoms with E-state index >= 15 is 0 Å². The van der Waals surface area contributed by atoms with E-state index in [1.54, 1.807) is 24.3 Å². The second-order valence-corrected chi connectivity index (χ2v) is 3.34. The summed E-state index contributed by atoms with van der Waals surface area (Å²) in [6.45, 7) is -1.04. The van der Waals surface area contributed by atoms with Crippen LogP contribution < -0.4 is 5.32 Å². The second kappa shape index (κ2) is 4.00. The molecule has 0 amide bonds. The second-order valence-electron chi connectivity index (χ2n) is 3.34. The van der Waals surface area contributed by atoms with E-state index in [0.29, 0.717) is 16.6 Å². The minimum absolute atomic E-state index is 0.447. The van der Waals surface area contributed by atoms with Crippen LogP contribution in [0.25, 0.3) is 10.9 Å². The van der Waals surface area contributed by atoms with Crippen LogP contribution in [0.1, 0.15) is 0 Å². The maximum Gasteiger partial charge on any atom is 0.405 e. The van der Waals surface area contributed by atoms with Crippen LogP contribution in [0.3, 0.4) is 0 Å². The van der Waals surface area contributed by atoms with Gasteiger partial charge in [0.15, 0.2) is 0 Å². The third-order valence-corrected chi connectivity index (χ3v) is 2.13. The Morgan fingerprint density at radius 3 is 2.62 bits per heavy atom. The molecule has 0 unspecified atom stereocenters. The number of nitrogens with one attached hydrogen (secondary N) is 1. The summed E-state index contributed by atoms with van der Waals surface area (Å²) in [7, 11) is 0. The average molecular weight is 226 g/mol. The fourth-order valence-corrected chi connectivity index (χ4v) is 1.45. The van der Waals surface area contributed by atoms with Gasteiger partial charge >= 0.3 is 6.18 Å². The Morgan fingerprint density at radius 1 is 1.12 bits per heavy atom. The molecule has 1 heterocycles. The first-order valence-electron chi connectivity index (χ1n) is 4.71. The van der Waals surface area contributed by atoms with Gasteiger partial charge in [-0.05, 0) is 12.1 Å². The van der Waals surface area contributed by atoms with Crippen molar-refractivity contribution < 1.29 is 13.2 Å². The summed E-state index contributed by atoms with van der Waals surface area (Å²) in [4.78, 5) is 4.07. The van der Waals surface area contributed by atoms with Crippen molar-refractivity contribution >= 4 is 16.6 Å². The van der Waals surface area contributed by atoms with Gasteiger partial charge in [0.2, 0.25) is 0 Å². The van der Waals surface area contributed by atoms with Crippen LogP contribution in [0.4, 0.5) is 18.9 Å². The van der Waals surface area contributed by atoms with E-state index in [1.165, 1.54) is 12.3 Å². The lowest BCUT2D eigenvalue weighted by atomic mass is 10.2. The highest BCUT2D eigenvalue weighted by Gasteiger charge is 2.26. The molecule has 0 radical (unpaired) electrons. The zero-order valence-corrected chi connectivity index (χ0v) is 8.25. The highest BCUT2D eigenvalue weighted by molar-refractivity contribution is 5.90. The van der Waals surface area contributed by atoms with Crippen molar-refractivity contribution in [2.45, 2.75) is 6.18 Å². The Bertz CT molecular complexity index is 489. The van der Waals surface area contributed by atoms with E-state index in [4.69, 9.17) is 0 Å². The van der Waals surface area contributed by atoms with E-state index in [0.717, 1.165) is 0 Å². The summed E-state index contributed by atoms with van der Waals surface area (Å²) in [5.41, 5.74) is 1.12. The predicted octanol–water partition coefficient (Wildman–Crippen LogP) is 3.21. The maximum absolute atomic E-state index is 12.1. The van der Waals surface area contributed by atoms with Crippen LogP contribution in [-0.2, 0) is 0 Å². The molecule has 0 atom stereocenters. The van der Waals surface area contributed by atoms with Gasteiger partial charge in [0, 0.05) is 17.3 Å². The van der Waals surface area contributed by atoms with Crippen molar-refractivity contribution in [2.24, 2.45) is 0 Å². The number of nitrogens with zero attached hydrogens (tertiary/aromatic N) is 1. The molecule has 2 nitrogen and oxygen atoms in total. The fourth-order valence-electron chi connectivity index (χ4n) is 1.45. The SMILES string of the molecule is FC(F)(F)CNc1ccnc2ccccc12. The zero-order valence-electron chi connectivity index (χ0n) is 8.25. The Kier molecular flexibility index (Phi) is 2.68. The normalized spacial score (nSPS) is 11.7. The quantitative estimate of drug-likeness (QED) is 0.850. The number of hydrogen-bond acceptors (Lipinski definition) is 2. The molecule has 0 saturated carbocycles. The molecule has 5 heteroatoms. The molecule has 1 aromatic carbocycles. The molecule has 0 aliphatic carbocycles. The molecule has 16 heavy (non-hydrogen) atoms. The van der Waals surface area contributed by atoms with Gasteiger partial charge in [0.05, 0.1) is 5.52 Å². The van der Waals surface area contributed by atoms with Gasteiger partial charge in [-0.15, -0.1) is 0 Å². The highest BCUT2D eigenvalue weighted by atomic mass is 19.4. The number of anilines is 1. The molecule has 84 valence electrons. The molecule has 2 aromatic rings. The maximum atomic E-state index is 12.1. The van der Waals surface area contributed by atoms with Crippen molar-refractivity contribution in [3.05, 3.63) is 36.5 Å². The predicted molar refractivity (Wildman–Crippen MR) is 56.3 cm³/mol. The van der Waals surface area contributed by atoms with E-state index < -0.39 is 12.7 Å². The molecule has 0 aliphatic heterocycles. The van der Waals surface area contributed by atoms with Crippen molar-refractivity contribution in [3.8, 4) is 0 Å². The summed E-state index contributed by atoms with van der Waals surface area (Å²) in [5.74, 6) is 0. The van der Waals surface area contributed by atoms with Crippen LogP contribution >= 0.6 is 0 Å². The largest absolute Gasteiger partial charge is 0.405 e. The van der Waals surface area contributed by atoms with Gasteiger partial charge in [0.1, 0.15) is 6.54 Å². The first kappa shape index (κ1) is 10.7. The molecular formula is C11H9F3N2. The Hall–Kier alpha value is -1.78. The third kappa shape index (κ3) is 2.42. The van der Waals surface area contributed by atoms with Gasteiger partial charge < -0.3 is 5.32 Å². The van der Waals surface area contributed by atoms with E-state index in [2.05, 4.69) is 10.3 Å². The topological polar surface area (TPSA) is 24.9 Å². The standard InChI is InChI=1S/C11H9F3N2/c12-11(13,14)7-16-10-5-6-15-9-4-2-1-3-8(9)10/h1-6H,7H2,(H,15,16). The summed E-state index contributed by atoms with van der Waals surface area (Å²) in [6.07, 6.45) is -2.73. The van der Waals surface area contributed by atoms with E-state index in [1.807, 2.05) is 0 Å². The minimum atomic E-state index is -4.22. The van der Waals surface area contributed by atoms with Crippen molar-refractivity contribution in [2.75, 3.05) is 11.9 Å². The van der Waals surface area contributed by atoms with Gasteiger partial charge in [-0.2, -0.15) is 13.2 Å². The highest BCUT2D eigenvalue weighted by Crippen LogP contribution is 2.23. The molecule has 1 aromatic heterocycles. The summed E-state index contributed by atoms with van der Waals surface area (Å²) in [5, 5.41) is 3.05. The number of hydrogen-bond donors (Lipinski definition) is 1. The number of halogens is 3. The number of rotatable bonds is 2. The zero-order chi connectivity index (χ0) is 11.6. The summed E-state index contributed by atoms with van der Waals surface area (Å²) in [6, 6.07) is 8.59. The fraction of sp³-hybridized carbons (Fsp3) is 0.182. The monoisotopic (exact) mass is 226 g/mol. The van der Waals surface area contributed by atoms with Gasteiger partial charge in [-0.1, -0.05) is 18.2 Å². The number of fused-ring (bicyclic) bond motifs is 1. The summed E-state index contributed by atoms with van der Waals surface area (Å²) < 4.78 is 36.2. The van der Waals surface area contributed by atoms with Gasteiger partial charge in [-0.25, -0.2) is 0 Å². The molecule has 0 bridgehead atoms. The third-order valence-electron chi connectivity index (χ3n) is 2.13. The van der Waals surface area contributed by atoms with E-state index in [9.17, 15) is 13.2 Å². The van der Waals surface area contributed by atoms with Crippen molar-refractivity contribution in [1.82, 2.24) is 4.98 Å². The van der Waals surface area contributed by atoms with Gasteiger partial charge in [0.25, 0.3) is 0 Å².